The molecule has 0 spiro atoms. The average Bonchev–Trinajstić information content (AvgIpc) is 3.15. The van der Waals surface area contributed by atoms with Gasteiger partial charge in [0.15, 0.2) is 0 Å². The maximum absolute atomic E-state index is 12.5. The first-order valence-electron chi connectivity index (χ1n) is 9.43. The van der Waals surface area contributed by atoms with Gasteiger partial charge >= 0.3 is 5.97 Å². The Balaban J connectivity index is 1.36. The van der Waals surface area contributed by atoms with E-state index in [2.05, 4.69) is 4.98 Å². The number of methoxy groups -OCH3 is 1. The Labute approximate surface area is 162 Å². The van der Waals surface area contributed by atoms with Crippen LogP contribution in [0.3, 0.4) is 0 Å². The molecule has 2 aliphatic carbocycles. The number of thiazole rings is 1. The number of ketones is 1. The molecule has 0 amide bonds. The number of rotatable bonds is 5. The molecule has 0 saturated heterocycles. The molecule has 1 heterocycles. The van der Waals surface area contributed by atoms with Gasteiger partial charge in [0.2, 0.25) is 0 Å². The van der Waals surface area contributed by atoms with E-state index in [1.807, 2.05) is 29.6 Å². The highest BCUT2D eigenvalue weighted by atomic mass is 32.1. The highest BCUT2D eigenvalue weighted by Gasteiger charge is 2.41. The second-order valence-electron chi connectivity index (χ2n) is 7.38. The van der Waals surface area contributed by atoms with Crippen LogP contribution in [0.1, 0.15) is 37.8 Å². The molecule has 2 atom stereocenters. The van der Waals surface area contributed by atoms with Gasteiger partial charge in [-0.2, -0.15) is 0 Å². The number of carbonyl (C=O) groups excluding carboxylic acids is 2. The molecule has 142 valence electrons. The van der Waals surface area contributed by atoms with Crippen LogP contribution in [0.2, 0.25) is 0 Å². The fourth-order valence-electron chi connectivity index (χ4n) is 4.20. The summed E-state index contributed by atoms with van der Waals surface area (Å²) in [6.07, 6.45) is 4.26. The summed E-state index contributed by atoms with van der Waals surface area (Å²) in [7, 11) is 1.64. The van der Waals surface area contributed by atoms with E-state index in [4.69, 9.17) is 9.47 Å². The molecule has 27 heavy (non-hydrogen) atoms. The van der Waals surface area contributed by atoms with Crippen LogP contribution >= 0.6 is 11.3 Å². The first kappa shape index (κ1) is 18.2. The smallest absolute Gasteiger partial charge is 0.309 e. The molecule has 0 aliphatic heterocycles. The zero-order valence-electron chi connectivity index (χ0n) is 15.3. The molecule has 2 aromatic rings. The lowest BCUT2D eigenvalue weighted by atomic mass is 9.67. The monoisotopic (exact) mass is 385 g/mol. The summed E-state index contributed by atoms with van der Waals surface area (Å²) in [5.41, 5.74) is 1.73. The van der Waals surface area contributed by atoms with Crippen LogP contribution in [0.5, 0.6) is 5.75 Å². The van der Waals surface area contributed by atoms with Gasteiger partial charge in [0, 0.05) is 22.8 Å². The lowest BCUT2D eigenvalue weighted by Gasteiger charge is -2.36. The first-order chi connectivity index (χ1) is 13.1. The first-order valence-corrected chi connectivity index (χ1v) is 10.3. The second kappa shape index (κ2) is 7.80. The Morgan fingerprint density at radius 3 is 2.78 bits per heavy atom. The Kier molecular flexibility index (Phi) is 5.25. The van der Waals surface area contributed by atoms with E-state index in [1.54, 1.807) is 7.11 Å². The molecule has 2 bridgehead atoms. The topological polar surface area (TPSA) is 65.5 Å². The standard InChI is InChI=1S/C21H23NO4S/c1-25-18-7-3-6-15(10-18)20-22-17(12-27-20)11-26-21(24)16-8-13-4-2-5-14(9-16)19(13)23/h3,6-7,10,12-14,16H,2,4-5,8-9,11H2,1H3/t13-,14-/m0/s1. The van der Waals surface area contributed by atoms with Crippen molar-refractivity contribution >= 4 is 23.1 Å². The molecule has 2 fully saturated rings. The fourth-order valence-corrected chi connectivity index (χ4v) is 5.00. The minimum atomic E-state index is -0.185. The van der Waals surface area contributed by atoms with Gasteiger partial charge < -0.3 is 9.47 Å². The number of nitrogens with zero attached hydrogens (tertiary/aromatic N) is 1. The molecule has 0 radical (unpaired) electrons. The Bertz CT molecular complexity index is 830. The van der Waals surface area contributed by atoms with Gasteiger partial charge in [0.05, 0.1) is 18.7 Å². The number of aromatic nitrogens is 1. The van der Waals surface area contributed by atoms with E-state index >= 15 is 0 Å². The molecule has 5 nitrogen and oxygen atoms in total. The van der Waals surface area contributed by atoms with Gasteiger partial charge in [0.1, 0.15) is 23.1 Å². The summed E-state index contributed by atoms with van der Waals surface area (Å²) in [6, 6.07) is 7.74. The number of benzene rings is 1. The third-order valence-corrected chi connectivity index (χ3v) is 6.55. The predicted octanol–water partition coefficient (Wildman–Crippen LogP) is 4.26. The number of hydrogen-bond donors (Lipinski definition) is 0. The number of ether oxygens (including phenoxy) is 2. The van der Waals surface area contributed by atoms with Gasteiger partial charge in [-0.15, -0.1) is 11.3 Å². The van der Waals surface area contributed by atoms with Gasteiger partial charge in [0.25, 0.3) is 0 Å². The minimum Gasteiger partial charge on any atom is -0.497 e. The Morgan fingerprint density at radius 1 is 1.26 bits per heavy atom. The third-order valence-electron chi connectivity index (χ3n) is 5.61. The van der Waals surface area contributed by atoms with Crippen LogP contribution in [-0.4, -0.2) is 23.8 Å². The molecule has 0 N–H and O–H groups in total. The lowest BCUT2D eigenvalue weighted by Crippen LogP contribution is -2.39. The molecule has 0 unspecified atom stereocenters. The normalized spacial score (nSPS) is 24.5. The van der Waals surface area contributed by atoms with Crippen molar-refractivity contribution < 1.29 is 19.1 Å². The molecular weight excluding hydrogens is 362 g/mol. The molecular formula is C21H23NO4S. The molecule has 6 heteroatoms. The van der Waals surface area contributed by atoms with Crippen LogP contribution in [0.15, 0.2) is 29.6 Å². The summed E-state index contributed by atoms with van der Waals surface area (Å²) in [5.74, 6) is 0.952. The predicted molar refractivity (Wildman–Crippen MR) is 102 cm³/mol. The minimum absolute atomic E-state index is 0.0639. The number of fused-ring (bicyclic) bond motifs is 2. The Morgan fingerprint density at radius 2 is 2.04 bits per heavy atom. The number of hydrogen-bond acceptors (Lipinski definition) is 6. The van der Waals surface area contributed by atoms with Crippen LogP contribution in [0.25, 0.3) is 10.6 Å². The SMILES string of the molecule is COc1cccc(-c2nc(COC(=O)C3C[C@@H]4CCC[C@@H](C3)C4=O)cs2)c1. The van der Waals surface area contributed by atoms with Gasteiger partial charge in [-0.05, 0) is 37.8 Å². The molecule has 4 rings (SSSR count). The van der Waals surface area contributed by atoms with Gasteiger partial charge in [-0.25, -0.2) is 4.98 Å². The van der Waals surface area contributed by atoms with Crippen molar-refractivity contribution in [1.29, 1.82) is 0 Å². The van der Waals surface area contributed by atoms with Crippen LogP contribution in [0, 0.1) is 17.8 Å². The van der Waals surface area contributed by atoms with Gasteiger partial charge in [-0.3, -0.25) is 9.59 Å². The van der Waals surface area contributed by atoms with E-state index < -0.39 is 0 Å². The van der Waals surface area contributed by atoms with E-state index in [-0.39, 0.29) is 30.3 Å². The van der Waals surface area contributed by atoms with E-state index in [9.17, 15) is 9.59 Å². The fraction of sp³-hybridized carbons (Fsp3) is 0.476. The quantitative estimate of drug-likeness (QED) is 0.720. The summed E-state index contributed by atoms with van der Waals surface area (Å²) < 4.78 is 10.8. The van der Waals surface area contributed by atoms with Crippen LogP contribution in [-0.2, 0) is 20.9 Å². The third kappa shape index (κ3) is 3.90. The lowest BCUT2D eigenvalue weighted by molar-refractivity contribution is -0.154. The van der Waals surface area contributed by atoms with E-state index in [0.29, 0.717) is 18.6 Å². The Hall–Kier alpha value is -2.21. The van der Waals surface area contributed by atoms with Crippen molar-refractivity contribution in [2.75, 3.05) is 7.11 Å². The maximum Gasteiger partial charge on any atom is 0.309 e. The van der Waals surface area contributed by atoms with Crippen LogP contribution in [0.4, 0.5) is 0 Å². The van der Waals surface area contributed by atoms with Crippen LogP contribution < -0.4 is 4.74 Å². The maximum atomic E-state index is 12.5. The number of esters is 1. The second-order valence-corrected chi connectivity index (χ2v) is 8.24. The molecule has 1 aromatic carbocycles. The zero-order chi connectivity index (χ0) is 18.8. The summed E-state index contributed by atoms with van der Waals surface area (Å²) in [4.78, 5) is 29.2. The average molecular weight is 385 g/mol. The molecule has 2 aliphatic rings. The van der Waals surface area contributed by atoms with Crippen molar-refractivity contribution in [2.45, 2.75) is 38.7 Å². The number of carbonyl (C=O) groups is 2. The zero-order valence-corrected chi connectivity index (χ0v) is 16.2. The summed E-state index contributed by atoms with van der Waals surface area (Å²) in [6.45, 7) is 0.180. The largest absolute Gasteiger partial charge is 0.497 e. The van der Waals surface area contributed by atoms with E-state index in [0.717, 1.165) is 41.3 Å². The van der Waals surface area contributed by atoms with Crippen molar-refractivity contribution in [1.82, 2.24) is 4.98 Å². The summed E-state index contributed by atoms with van der Waals surface area (Å²) in [5, 5.41) is 2.79. The van der Waals surface area contributed by atoms with E-state index in [1.165, 1.54) is 11.3 Å². The summed E-state index contributed by atoms with van der Waals surface area (Å²) >= 11 is 1.52. The van der Waals surface area contributed by atoms with Crippen molar-refractivity contribution in [2.24, 2.45) is 17.8 Å². The van der Waals surface area contributed by atoms with Gasteiger partial charge in [-0.1, -0.05) is 18.6 Å². The molecule has 2 saturated carbocycles. The highest BCUT2D eigenvalue weighted by molar-refractivity contribution is 7.13. The van der Waals surface area contributed by atoms with Crippen molar-refractivity contribution in [3.8, 4) is 16.3 Å². The van der Waals surface area contributed by atoms with Crippen molar-refractivity contribution in [3.05, 3.63) is 35.3 Å². The van der Waals surface area contributed by atoms with Crippen molar-refractivity contribution in [3.63, 3.8) is 0 Å². The highest BCUT2D eigenvalue weighted by Crippen LogP contribution is 2.40. The number of Topliss-reactive ketones (excluding diaryl/α,β-unsaturated/α-hetero) is 1. The molecule has 1 aromatic heterocycles.